The van der Waals surface area contributed by atoms with Crippen LogP contribution in [0.1, 0.15) is 24.0 Å². The Morgan fingerprint density at radius 2 is 2.16 bits per heavy atom. The standard InChI is InChI=1S/C15H17NO3/c1-11-3-2-4-12(9-11)5-8-14(17)16(10-15(18)19)13-6-7-13/h2-5,8-9,13H,6-7,10H2,1H3,(H,18,19)/b8-5+. The van der Waals surface area contributed by atoms with Crippen LogP contribution in [0.15, 0.2) is 30.3 Å². The maximum atomic E-state index is 12.0. The number of hydrogen-bond acceptors (Lipinski definition) is 2. The second-order valence-electron chi connectivity index (χ2n) is 4.84. The average molecular weight is 259 g/mol. The van der Waals surface area contributed by atoms with Crippen molar-refractivity contribution in [2.45, 2.75) is 25.8 Å². The summed E-state index contributed by atoms with van der Waals surface area (Å²) in [7, 11) is 0. The predicted octanol–water partition coefficient (Wildman–Crippen LogP) is 2.08. The topological polar surface area (TPSA) is 57.6 Å². The van der Waals surface area contributed by atoms with Gasteiger partial charge in [0.15, 0.2) is 0 Å². The van der Waals surface area contributed by atoms with Gasteiger partial charge in [0, 0.05) is 12.1 Å². The predicted molar refractivity (Wildman–Crippen MR) is 72.6 cm³/mol. The van der Waals surface area contributed by atoms with Crippen molar-refractivity contribution < 1.29 is 14.7 Å². The summed E-state index contributed by atoms with van der Waals surface area (Å²) in [4.78, 5) is 24.2. The molecule has 0 unspecified atom stereocenters. The largest absolute Gasteiger partial charge is 0.480 e. The van der Waals surface area contributed by atoms with Crippen LogP contribution in [0.4, 0.5) is 0 Å². The fraction of sp³-hybridized carbons (Fsp3) is 0.333. The molecule has 0 spiro atoms. The summed E-state index contributed by atoms with van der Waals surface area (Å²) in [6.07, 6.45) is 4.98. The molecule has 0 saturated heterocycles. The Bertz CT molecular complexity index is 518. The lowest BCUT2D eigenvalue weighted by Crippen LogP contribution is -2.36. The third-order valence-corrected chi connectivity index (χ3v) is 3.04. The van der Waals surface area contributed by atoms with Gasteiger partial charge in [-0.1, -0.05) is 29.8 Å². The van der Waals surface area contributed by atoms with E-state index in [1.54, 1.807) is 6.08 Å². The molecule has 100 valence electrons. The van der Waals surface area contributed by atoms with Crippen molar-refractivity contribution in [3.05, 3.63) is 41.5 Å². The van der Waals surface area contributed by atoms with Gasteiger partial charge in [0.05, 0.1) is 0 Å². The van der Waals surface area contributed by atoms with Crippen LogP contribution in [0.3, 0.4) is 0 Å². The molecule has 1 saturated carbocycles. The van der Waals surface area contributed by atoms with E-state index in [2.05, 4.69) is 0 Å². The molecule has 4 nitrogen and oxygen atoms in total. The van der Waals surface area contributed by atoms with Crippen molar-refractivity contribution >= 4 is 18.0 Å². The Hall–Kier alpha value is -2.10. The van der Waals surface area contributed by atoms with E-state index in [0.29, 0.717) is 0 Å². The molecule has 1 aliphatic rings. The number of carbonyl (C=O) groups is 2. The van der Waals surface area contributed by atoms with Crippen LogP contribution >= 0.6 is 0 Å². The summed E-state index contributed by atoms with van der Waals surface area (Å²) >= 11 is 0. The van der Waals surface area contributed by atoms with Gasteiger partial charge >= 0.3 is 5.97 Å². The summed E-state index contributed by atoms with van der Waals surface area (Å²) < 4.78 is 0. The van der Waals surface area contributed by atoms with E-state index in [1.807, 2.05) is 31.2 Å². The highest BCUT2D eigenvalue weighted by atomic mass is 16.4. The van der Waals surface area contributed by atoms with Crippen LogP contribution in [-0.4, -0.2) is 34.5 Å². The summed E-state index contributed by atoms with van der Waals surface area (Å²) in [5.41, 5.74) is 2.07. The number of amides is 1. The molecule has 0 atom stereocenters. The zero-order valence-corrected chi connectivity index (χ0v) is 10.9. The molecule has 1 aromatic carbocycles. The molecule has 0 aromatic heterocycles. The molecule has 0 aliphatic heterocycles. The molecule has 0 bridgehead atoms. The van der Waals surface area contributed by atoms with Gasteiger partial charge in [-0.05, 0) is 31.4 Å². The average Bonchev–Trinajstić information content (AvgIpc) is 3.17. The third-order valence-electron chi connectivity index (χ3n) is 3.04. The monoisotopic (exact) mass is 259 g/mol. The molecule has 1 aromatic rings. The first-order valence-corrected chi connectivity index (χ1v) is 6.33. The first-order chi connectivity index (χ1) is 9.06. The van der Waals surface area contributed by atoms with Crippen molar-refractivity contribution in [3.63, 3.8) is 0 Å². The molecule has 1 N–H and O–H groups in total. The fourth-order valence-corrected chi connectivity index (χ4v) is 1.96. The second-order valence-corrected chi connectivity index (χ2v) is 4.84. The number of carboxylic acid groups (broad SMARTS) is 1. The summed E-state index contributed by atoms with van der Waals surface area (Å²) in [5.74, 6) is -1.20. The van der Waals surface area contributed by atoms with Gasteiger partial charge in [-0.3, -0.25) is 9.59 Å². The number of carbonyl (C=O) groups excluding carboxylic acids is 1. The second kappa shape index (κ2) is 5.69. The Balaban J connectivity index is 2.04. The van der Waals surface area contributed by atoms with Crippen molar-refractivity contribution in [2.75, 3.05) is 6.54 Å². The van der Waals surface area contributed by atoms with Crippen LogP contribution < -0.4 is 0 Å². The van der Waals surface area contributed by atoms with Crippen LogP contribution in [-0.2, 0) is 9.59 Å². The van der Waals surface area contributed by atoms with Crippen LogP contribution in [0.2, 0.25) is 0 Å². The van der Waals surface area contributed by atoms with Crippen molar-refractivity contribution in [3.8, 4) is 0 Å². The van der Waals surface area contributed by atoms with Crippen LogP contribution in [0.25, 0.3) is 6.08 Å². The first-order valence-electron chi connectivity index (χ1n) is 6.33. The molecule has 4 heteroatoms. The molecular weight excluding hydrogens is 242 g/mol. The maximum Gasteiger partial charge on any atom is 0.323 e. The van der Waals surface area contributed by atoms with E-state index in [0.717, 1.165) is 24.0 Å². The summed E-state index contributed by atoms with van der Waals surface area (Å²) in [6, 6.07) is 7.90. The quantitative estimate of drug-likeness (QED) is 0.824. The minimum Gasteiger partial charge on any atom is -0.480 e. The fourth-order valence-electron chi connectivity index (χ4n) is 1.96. The van der Waals surface area contributed by atoms with E-state index in [9.17, 15) is 9.59 Å². The highest BCUT2D eigenvalue weighted by Gasteiger charge is 2.32. The van der Waals surface area contributed by atoms with E-state index in [1.165, 1.54) is 11.0 Å². The van der Waals surface area contributed by atoms with Gasteiger partial charge in [-0.15, -0.1) is 0 Å². The first kappa shape index (κ1) is 13.3. The number of benzene rings is 1. The number of aliphatic carboxylic acids is 1. The highest BCUT2D eigenvalue weighted by Crippen LogP contribution is 2.26. The zero-order valence-electron chi connectivity index (χ0n) is 10.9. The minimum absolute atomic E-state index is 0.103. The lowest BCUT2D eigenvalue weighted by molar-refractivity contribution is -0.143. The van der Waals surface area contributed by atoms with Crippen molar-refractivity contribution in [1.82, 2.24) is 4.90 Å². The smallest absolute Gasteiger partial charge is 0.323 e. The van der Waals surface area contributed by atoms with Gasteiger partial charge in [-0.2, -0.15) is 0 Å². The van der Waals surface area contributed by atoms with Gasteiger partial charge in [0.25, 0.3) is 0 Å². The minimum atomic E-state index is -0.968. The van der Waals surface area contributed by atoms with Crippen LogP contribution in [0, 0.1) is 6.92 Å². The van der Waals surface area contributed by atoms with Gasteiger partial charge < -0.3 is 10.0 Å². The third kappa shape index (κ3) is 3.95. The molecule has 19 heavy (non-hydrogen) atoms. The Labute approximate surface area is 112 Å². The number of hydrogen-bond donors (Lipinski definition) is 1. The maximum absolute atomic E-state index is 12.0. The van der Waals surface area contributed by atoms with E-state index in [4.69, 9.17) is 5.11 Å². The molecule has 0 heterocycles. The zero-order chi connectivity index (χ0) is 13.8. The Morgan fingerprint density at radius 1 is 1.42 bits per heavy atom. The van der Waals surface area contributed by atoms with Crippen molar-refractivity contribution in [2.24, 2.45) is 0 Å². The van der Waals surface area contributed by atoms with Crippen LogP contribution in [0.5, 0.6) is 0 Å². The lowest BCUT2D eigenvalue weighted by Gasteiger charge is -2.17. The van der Waals surface area contributed by atoms with Gasteiger partial charge in [0.1, 0.15) is 6.54 Å². The Morgan fingerprint density at radius 3 is 2.74 bits per heavy atom. The summed E-state index contributed by atoms with van der Waals surface area (Å²) in [5, 5.41) is 8.81. The molecule has 2 rings (SSSR count). The van der Waals surface area contributed by atoms with E-state index in [-0.39, 0.29) is 18.5 Å². The summed E-state index contributed by atoms with van der Waals surface area (Å²) in [6.45, 7) is 1.77. The van der Waals surface area contributed by atoms with Crippen molar-refractivity contribution in [1.29, 1.82) is 0 Å². The molecular formula is C15H17NO3. The molecule has 1 amide bonds. The number of rotatable bonds is 5. The SMILES string of the molecule is Cc1cccc(/C=C/C(=O)N(CC(=O)O)C2CC2)c1. The number of aryl methyl sites for hydroxylation is 1. The number of carboxylic acids is 1. The molecule has 1 fully saturated rings. The van der Waals surface area contributed by atoms with Gasteiger partial charge in [0.2, 0.25) is 5.91 Å². The Kier molecular flexibility index (Phi) is 4.00. The number of nitrogens with zero attached hydrogens (tertiary/aromatic N) is 1. The van der Waals surface area contributed by atoms with E-state index < -0.39 is 5.97 Å². The molecule has 0 radical (unpaired) electrons. The molecule has 1 aliphatic carbocycles. The van der Waals surface area contributed by atoms with Gasteiger partial charge in [-0.25, -0.2) is 0 Å². The highest BCUT2D eigenvalue weighted by molar-refractivity contribution is 5.94. The normalized spacial score (nSPS) is 14.6. The lowest BCUT2D eigenvalue weighted by atomic mass is 10.1. The van der Waals surface area contributed by atoms with E-state index >= 15 is 0 Å².